The van der Waals surface area contributed by atoms with E-state index in [4.69, 9.17) is 18.9 Å². The van der Waals surface area contributed by atoms with Gasteiger partial charge < -0.3 is 18.9 Å². The maximum Gasteiger partial charge on any atom is 0.338 e. The predicted molar refractivity (Wildman–Crippen MR) is 148 cm³/mol. The molecule has 2 aromatic carbocycles. The first kappa shape index (κ1) is 26.9. The van der Waals surface area contributed by atoms with Crippen LogP contribution in [0.25, 0.3) is 0 Å². The van der Waals surface area contributed by atoms with Gasteiger partial charge in [-0.2, -0.15) is 0 Å². The Morgan fingerprint density at radius 3 is 1.34 bits per heavy atom. The van der Waals surface area contributed by atoms with Crippen LogP contribution < -0.4 is 9.80 Å². The zero-order chi connectivity index (χ0) is 30.3. The number of benzene rings is 2. The summed E-state index contributed by atoms with van der Waals surface area (Å²) in [5.41, 5.74) is 0.828. The van der Waals surface area contributed by atoms with Gasteiger partial charge in [-0.25, -0.2) is 19.4 Å². The fraction of sp³-hybridized carbons (Fsp3) is 0.375. The van der Waals surface area contributed by atoms with E-state index in [0.29, 0.717) is 13.2 Å². The summed E-state index contributed by atoms with van der Waals surface area (Å²) in [4.78, 5) is 82.8. The number of carbonyl (C=O) groups excluding carboxylic acids is 6. The molecule has 9 rings (SSSR count). The van der Waals surface area contributed by atoms with Crippen LogP contribution in [0.5, 0.6) is 0 Å². The maximum atomic E-state index is 13.9. The van der Waals surface area contributed by atoms with Gasteiger partial charge in [0.05, 0.1) is 59.4 Å². The first-order valence-electron chi connectivity index (χ1n) is 14.5. The highest BCUT2D eigenvalue weighted by Crippen LogP contribution is 2.58. The smallest absolute Gasteiger partial charge is 0.338 e. The van der Waals surface area contributed by atoms with Crippen LogP contribution in [0.2, 0.25) is 0 Å². The molecule has 4 saturated heterocycles. The number of amides is 4. The number of esters is 2. The average molecular weight is 599 g/mol. The quantitative estimate of drug-likeness (QED) is 0.189. The summed E-state index contributed by atoms with van der Waals surface area (Å²) in [6, 6.07) is 12.2. The summed E-state index contributed by atoms with van der Waals surface area (Å²) in [7, 11) is 0. The molecule has 4 aliphatic heterocycles. The number of ether oxygens (including phenoxy) is 4. The molecule has 12 nitrogen and oxygen atoms in total. The van der Waals surface area contributed by atoms with E-state index in [9.17, 15) is 28.8 Å². The van der Waals surface area contributed by atoms with E-state index in [0.717, 1.165) is 9.80 Å². The summed E-state index contributed by atoms with van der Waals surface area (Å²) in [5, 5.41) is 0. The molecular weight excluding hydrogens is 572 g/mol. The molecule has 4 heterocycles. The molecule has 1 saturated carbocycles. The Balaban J connectivity index is 1.05. The van der Waals surface area contributed by atoms with Crippen LogP contribution in [0.1, 0.15) is 20.7 Å². The van der Waals surface area contributed by atoms with E-state index in [2.05, 4.69) is 0 Å². The lowest BCUT2D eigenvalue weighted by Crippen LogP contribution is -2.50. The summed E-state index contributed by atoms with van der Waals surface area (Å²) >= 11 is 0. The number of epoxide rings is 2. The summed E-state index contributed by atoms with van der Waals surface area (Å²) in [6.45, 7) is 1.31. The number of hydrogen-bond donors (Lipinski definition) is 0. The topological polar surface area (TPSA) is 152 Å². The first-order valence-corrected chi connectivity index (χ1v) is 14.5. The monoisotopic (exact) mass is 598 g/mol. The number of allylic oxidation sites excluding steroid dienone is 2. The van der Waals surface area contributed by atoms with Crippen molar-refractivity contribution in [3.63, 3.8) is 0 Å². The van der Waals surface area contributed by atoms with Crippen molar-refractivity contribution in [2.75, 3.05) is 36.2 Å². The molecule has 0 aromatic heterocycles. The minimum atomic E-state index is -0.830. The van der Waals surface area contributed by atoms with Gasteiger partial charge in [-0.15, -0.1) is 0 Å². The number of anilines is 2. The van der Waals surface area contributed by atoms with Gasteiger partial charge in [0.1, 0.15) is 25.4 Å². The van der Waals surface area contributed by atoms with Crippen molar-refractivity contribution in [3.05, 3.63) is 71.8 Å². The van der Waals surface area contributed by atoms with E-state index in [1.54, 1.807) is 36.4 Å². The molecule has 2 bridgehead atoms. The average Bonchev–Trinajstić information content (AvgIpc) is 3.98. The third kappa shape index (κ3) is 4.20. The second-order valence-electron chi connectivity index (χ2n) is 11.9. The van der Waals surface area contributed by atoms with Crippen LogP contribution in [-0.4, -0.2) is 74.2 Å². The van der Waals surface area contributed by atoms with Gasteiger partial charge in [0.25, 0.3) is 0 Å². The third-order valence-corrected chi connectivity index (χ3v) is 9.30. The number of nitrogens with zero attached hydrogens (tertiary/aromatic N) is 2. The van der Waals surface area contributed by atoms with Gasteiger partial charge >= 0.3 is 11.9 Å². The number of hydrogen-bond acceptors (Lipinski definition) is 10. The zero-order valence-corrected chi connectivity index (χ0v) is 23.2. The maximum absolute atomic E-state index is 13.9. The van der Waals surface area contributed by atoms with Crippen molar-refractivity contribution in [1.29, 1.82) is 0 Å². The van der Waals surface area contributed by atoms with E-state index in [1.807, 2.05) is 0 Å². The minimum absolute atomic E-state index is 0.108. The number of rotatable bonds is 8. The van der Waals surface area contributed by atoms with E-state index in [-0.39, 0.29) is 47.9 Å². The second-order valence-corrected chi connectivity index (χ2v) is 11.9. The van der Waals surface area contributed by atoms with Crippen LogP contribution in [0.15, 0.2) is 60.7 Å². The van der Waals surface area contributed by atoms with Crippen LogP contribution in [-0.2, 0) is 38.1 Å². The highest BCUT2D eigenvalue weighted by atomic mass is 16.6. The Morgan fingerprint density at radius 1 is 0.636 bits per heavy atom. The van der Waals surface area contributed by atoms with Crippen molar-refractivity contribution < 1.29 is 47.7 Å². The number of carbonyl (C=O) groups is 6. The zero-order valence-electron chi connectivity index (χ0n) is 23.2. The van der Waals surface area contributed by atoms with E-state index >= 15 is 0 Å². The molecule has 2 aromatic rings. The number of imide groups is 2. The Labute approximate surface area is 250 Å². The second kappa shape index (κ2) is 9.93. The minimum Gasteiger partial charge on any atom is -0.459 e. The van der Waals surface area contributed by atoms with Crippen molar-refractivity contribution in [2.45, 2.75) is 12.2 Å². The van der Waals surface area contributed by atoms with Gasteiger partial charge in [-0.05, 0) is 36.4 Å². The van der Waals surface area contributed by atoms with Crippen LogP contribution in [0.3, 0.4) is 0 Å². The van der Waals surface area contributed by atoms with E-state index in [1.165, 1.54) is 24.3 Å². The molecule has 6 atom stereocenters. The summed E-state index contributed by atoms with van der Waals surface area (Å²) in [6.07, 6.45) is 3.34. The molecule has 0 radical (unpaired) electrons. The molecule has 5 fully saturated rings. The lowest BCUT2D eigenvalue weighted by atomic mass is 9.54. The standard InChI is InChI=1S/C32H26N2O10/c35-27-23-21-7-8-22(24(23)28(36)33(27)17-5-1-3-15(9-17)31(39)43-13-19-11-41-19)26-25(21)29(37)34(30(26)38)18-6-2-4-16(10-18)32(40)44-14-20-12-42-20/h1-10,19-26H,11-14H2. The highest BCUT2D eigenvalue weighted by Gasteiger charge is 2.68. The van der Waals surface area contributed by atoms with Gasteiger partial charge in [-0.3, -0.25) is 19.2 Å². The van der Waals surface area contributed by atoms with Crippen LogP contribution in [0, 0.1) is 35.5 Å². The molecule has 6 unspecified atom stereocenters. The third-order valence-electron chi connectivity index (χ3n) is 9.30. The SMILES string of the molecule is O=C(OCC1CO1)c1cccc(N2C(=O)C3C4C=CC(C3C2=O)C2C(=O)N(c3cccc(C(=O)OCC5CO5)c3)C(=O)C42)c1. The molecule has 4 amide bonds. The summed E-state index contributed by atoms with van der Waals surface area (Å²) < 4.78 is 20.6. The largest absolute Gasteiger partial charge is 0.459 e. The molecule has 3 aliphatic carbocycles. The molecule has 0 N–H and O–H groups in total. The van der Waals surface area contributed by atoms with E-state index < -0.39 is 71.1 Å². The van der Waals surface area contributed by atoms with Crippen molar-refractivity contribution in [1.82, 2.24) is 0 Å². The first-order chi connectivity index (χ1) is 21.3. The van der Waals surface area contributed by atoms with Gasteiger partial charge in [0, 0.05) is 11.8 Å². The van der Waals surface area contributed by atoms with Crippen LogP contribution >= 0.6 is 0 Å². The lowest BCUT2D eigenvalue weighted by Gasteiger charge is -2.44. The fourth-order valence-electron chi connectivity index (χ4n) is 7.11. The Hall–Kier alpha value is -4.68. The van der Waals surface area contributed by atoms with Crippen molar-refractivity contribution in [2.24, 2.45) is 35.5 Å². The van der Waals surface area contributed by atoms with Crippen LogP contribution in [0.4, 0.5) is 11.4 Å². The Morgan fingerprint density at radius 2 is 1.00 bits per heavy atom. The normalized spacial score (nSPS) is 32.5. The highest BCUT2D eigenvalue weighted by molar-refractivity contribution is 6.26. The fourth-order valence-corrected chi connectivity index (χ4v) is 7.11. The van der Waals surface area contributed by atoms with Gasteiger partial charge in [0.2, 0.25) is 23.6 Å². The molecule has 7 aliphatic rings. The molecular formula is C32H26N2O10. The summed E-state index contributed by atoms with van der Waals surface area (Å²) in [5.74, 6) is -7.75. The Kier molecular flexibility index (Phi) is 6.07. The lowest BCUT2D eigenvalue weighted by molar-refractivity contribution is -0.137. The molecule has 44 heavy (non-hydrogen) atoms. The predicted octanol–water partition coefficient (Wildman–Crippen LogP) is 1.52. The molecule has 224 valence electrons. The van der Waals surface area contributed by atoms with Gasteiger partial charge in [0.15, 0.2) is 0 Å². The van der Waals surface area contributed by atoms with Crippen molar-refractivity contribution in [3.8, 4) is 0 Å². The molecule has 0 spiro atoms. The van der Waals surface area contributed by atoms with Crippen molar-refractivity contribution >= 4 is 46.9 Å². The molecule has 12 heteroatoms. The van der Waals surface area contributed by atoms with Gasteiger partial charge in [-0.1, -0.05) is 24.3 Å². The Bertz CT molecular complexity index is 1510.